The molecule has 0 aliphatic carbocycles. The number of nitrogens with two attached hydrogens (primary N) is 2. The second-order valence-electron chi connectivity index (χ2n) is 6.17. The molecule has 0 spiro atoms. The Kier molecular flexibility index (Phi) is 5.33. The summed E-state index contributed by atoms with van der Waals surface area (Å²) in [6.07, 6.45) is 0. The Morgan fingerprint density at radius 2 is 1.11 bits per heavy atom. The van der Waals surface area contributed by atoms with E-state index in [-0.39, 0.29) is 11.6 Å². The summed E-state index contributed by atoms with van der Waals surface area (Å²) in [4.78, 5) is 26.6. The zero-order valence-corrected chi connectivity index (χ0v) is 16.0. The highest BCUT2D eigenvalue weighted by atomic mass is 32.2. The molecular weight excluding hydrogens is 356 g/mol. The van der Waals surface area contributed by atoms with Crippen LogP contribution in [0.4, 0.5) is 11.4 Å². The first-order chi connectivity index (χ1) is 12.9. The number of carbonyl (C=O) groups excluding carboxylic acids is 2. The zero-order valence-electron chi connectivity index (χ0n) is 15.2. The second-order valence-corrected chi connectivity index (χ2v) is 8.13. The third kappa shape index (κ3) is 3.59. The summed E-state index contributed by atoms with van der Waals surface area (Å²) >= 11 is 0. The average molecular weight is 377 g/mol. The van der Waals surface area contributed by atoms with Gasteiger partial charge in [0, 0.05) is 11.1 Å². The Balaban J connectivity index is 2.31. The minimum atomic E-state index is -0.646. The van der Waals surface area contributed by atoms with E-state index in [0.717, 1.165) is 14.7 Å². The molecule has 0 aliphatic rings. The lowest BCUT2D eigenvalue weighted by atomic mass is 10.1. The first-order valence-corrected chi connectivity index (χ1v) is 9.72. The van der Waals surface area contributed by atoms with Gasteiger partial charge in [0.25, 0.3) is 0 Å². The molecule has 3 aromatic rings. The van der Waals surface area contributed by atoms with Gasteiger partial charge >= 0.3 is 0 Å². The van der Waals surface area contributed by atoms with Gasteiger partial charge in [-0.05, 0) is 50.2 Å². The third-order valence-electron chi connectivity index (χ3n) is 4.31. The van der Waals surface area contributed by atoms with Crippen molar-refractivity contribution in [2.45, 2.75) is 28.5 Å². The molecule has 0 heterocycles. The summed E-state index contributed by atoms with van der Waals surface area (Å²) in [5.74, 6) is -0.173. The highest BCUT2D eigenvalue weighted by Crippen LogP contribution is 2.39. The Hall–Kier alpha value is -3.05. The standard InChI is InChI=1S/C22H20N2O2S/c1-14(25)17-10-6-12-19(21(17)23)27(16-8-4-3-5-9-16)20-13-7-11-18(15(2)26)22(20)24/h3-13H,1-2H3,(H3-,23,24,25,26)/p+1. The molecule has 27 heavy (non-hydrogen) atoms. The fourth-order valence-corrected chi connectivity index (χ4v) is 5.25. The van der Waals surface area contributed by atoms with Gasteiger partial charge in [0.15, 0.2) is 26.3 Å². The first-order valence-electron chi connectivity index (χ1n) is 8.50. The van der Waals surface area contributed by atoms with Crippen molar-refractivity contribution in [3.8, 4) is 0 Å². The van der Waals surface area contributed by atoms with Crippen LogP contribution in [0.2, 0.25) is 0 Å². The fourth-order valence-electron chi connectivity index (χ4n) is 2.99. The number of Topliss-reactive ketones (excluding diaryl/α,β-unsaturated/α-hetero) is 2. The normalized spacial score (nSPS) is 10.8. The number of hydrogen-bond acceptors (Lipinski definition) is 4. The first kappa shape index (κ1) is 18.7. The largest absolute Gasteiger partial charge is 0.394 e. The SMILES string of the molecule is CC(=O)c1cccc([S+](c2ccccc2)c2cccc(C(C)=O)c2N)c1N. The van der Waals surface area contributed by atoms with Crippen LogP contribution in [0, 0.1) is 0 Å². The Morgan fingerprint density at radius 1 is 0.667 bits per heavy atom. The number of carbonyl (C=O) groups is 2. The molecule has 0 aromatic heterocycles. The van der Waals surface area contributed by atoms with Crippen LogP contribution in [0.15, 0.2) is 81.4 Å². The van der Waals surface area contributed by atoms with Crippen molar-refractivity contribution in [1.29, 1.82) is 0 Å². The molecule has 3 aromatic carbocycles. The minimum absolute atomic E-state index is 0.0866. The van der Waals surface area contributed by atoms with Crippen LogP contribution in [0.1, 0.15) is 34.6 Å². The van der Waals surface area contributed by atoms with Crippen molar-refractivity contribution in [1.82, 2.24) is 0 Å². The van der Waals surface area contributed by atoms with E-state index in [0.29, 0.717) is 22.5 Å². The fraction of sp³-hybridized carbons (Fsp3) is 0.0909. The highest BCUT2D eigenvalue weighted by molar-refractivity contribution is 7.97. The summed E-state index contributed by atoms with van der Waals surface area (Å²) in [6.45, 7) is 3.00. The molecule has 0 atom stereocenters. The predicted octanol–water partition coefficient (Wildman–Crippen LogP) is 4.35. The van der Waals surface area contributed by atoms with Crippen LogP contribution in [-0.2, 0) is 10.9 Å². The third-order valence-corrected chi connectivity index (χ3v) is 6.64. The number of ketones is 2. The lowest BCUT2D eigenvalue weighted by Gasteiger charge is -2.14. The Morgan fingerprint density at radius 3 is 1.52 bits per heavy atom. The molecule has 0 saturated carbocycles. The maximum absolute atomic E-state index is 12.0. The van der Waals surface area contributed by atoms with Crippen LogP contribution in [0.25, 0.3) is 0 Å². The van der Waals surface area contributed by atoms with Crippen molar-refractivity contribution in [2.75, 3.05) is 11.5 Å². The summed E-state index contributed by atoms with van der Waals surface area (Å²) < 4.78 is 0. The van der Waals surface area contributed by atoms with Crippen molar-refractivity contribution < 1.29 is 9.59 Å². The van der Waals surface area contributed by atoms with Gasteiger partial charge in [-0.25, -0.2) is 0 Å². The Labute approximate surface area is 161 Å². The number of anilines is 2. The lowest BCUT2D eigenvalue weighted by Crippen LogP contribution is -2.14. The van der Waals surface area contributed by atoms with Gasteiger partial charge in [0.05, 0.1) is 11.4 Å². The number of nitrogen functional groups attached to an aromatic ring is 2. The molecule has 136 valence electrons. The van der Waals surface area contributed by atoms with E-state index >= 15 is 0 Å². The Bertz CT molecular complexity index is 953. The van der Waals surface area contributed by atoms with Gasteiger partial charge in [-0.2, -0.15) is 0 Å². The average Bonchev–Trinajstić information content (AvgIpc) is 2.65. The van der Waals surface area contributed by atoms with Crippen LogP contribution >= 0.6 is 0 Å². The molecule has 4 N–H and O–H groups in total. The molecular formula is C22H21N2O2S+. The van der Waals surface area contributed by atoms with Crippen molar-refractivity contribution in [2.24, 2.45) is 0 Å². The van der Waals surface area contributed by atoms with E-state index < -0.39 is 10.9 Å². The maximum Gasteiger partial charge on any atom is 0.190 e. The van der Waals surface area contributed by atoms with Gasteiger partial charge in [-0.3, -0.25) is 9.59 Å². The van der Waals surface area contributed by atoms with Gasteiger partial charge in [-0.15, -0.1) is 0 Å². The summed E-state index contributed by atoms with van der Waals surface area (Å²) in [6, 6.07) is 20.8. The van der Waals surface area contributed by atoms with E-state index in [1.165, 1.54) is 13.8 Å². The van der Waals surface area contributed by atoms with Crippen molar-refractivity contribution in [3.63, 3.8) is 0 Å². The number of benzene rings is 3. The van der Waals surface area contributed by atoms with Gasteiger partial charge in [-0.1, -0.05) is 30.3 Å². The monoisotopic (exact) mass is 377 g/mol. The summed E-state index contributed by atoms with van der Waals surface area (Å²) in [7, 11) is -0.646. The summed E-state index contributed by atoms with van der Waals surface area (Å²) in [5.41, 5.74) is 14.6. The van der Waals surface area contributed by atoms with Crippen LogP contribution in [0.3, 0.4) is 0 Å². The van der Waals surface area contributed by atoms with E-state index in [1.54, 1.807) is 12.1 Å². The molecule has 5 heteroatoms. The topological polar surface area (TPSA) is 86.2 Å². The van der Waals surface area contributed by atoms with E-state index in [2.05, 4.69) is 0 Å². The molecule has 3 rings (SSSR count). The molecule has 0 saturated heterocycles. The van der Waals surface area contributed by atoms with Gasteiger partial charge in [0.2, 0.25) is 0 Å². The smallest absolute Gasteiger partial charge is 0.190 e. The number of para-hydroxylation sites is 2. The van der Waals surface area contributed by atoms with Crippen LogP contribution < -0.4 is 11.5 Å². The van der Waals surface area contributed by atoms with Crippen molar-refractivity contribution >= 4 is 33.8 Å². The van der Waals surface area contributed by atoms with Crippen molar-refractivity contribution in [3.05, 3.63) is 77.9 Å². The predicted molar refractivity (Wildman–Crippen MR) is 110 cm³/mol. The molecule has 0 fully saturated rings. The summed E-state index contributed by atoms with van der Waals surface area (Å²) in [5, 5.41) is 0. The van der Waals surface area contributed by atoms with Crippen LogP contribution in [-0.4, -0.2) is 11.6 Å². The molecule has 0 radical (unpaired) electrons. The van der Waals surface area contributed by atoms with E-state index in [9.17, 15) is 9.59 Å². The number of hydrogen-bond donors (Lipinski definition) is 2. The minimum Gasteiger partial charge on any atom is -0.394 e. The number of rotatable bonds is 5. The van der Waals surface area contributed by atoms with Gasteiger partial charge in [0.1, 0.15) is 10.9 Å². The highest BCUT2D eigenvalue weighted by Gasteiger charge is 2.34. The molecule has 0 aliphatic heterocycles. The lowest BCUT2D eigenvalue weighted by molar-refractivity contribution is 0.101. The van der Waals surface area contributed by atoms with Gasteiger partial charge < -0.3 is 11.5 Å². The maximum atomic E-state index is 12.0. The molecule has 0 unspecified atom stereocenters. The quantitative estimate of drug-likeness (QED) is 0.393. The van der Waals surface area contributed by atoms with Crippen LogP contribution in [0.5, 0.6) is 0 Å². The zero-order chi connectivity index (χ0) is 19.6. The molecule has 4 nitrogen and oxygen atoms in total. The van der Waals surface area contributed by atoms with E-state index in [4.69, 9.17) is 11.5 Å². The van der Waals surface area contributed by atoms with E-state index in [1.807, 2.05) is 54.6 Å². The second kappa shape index (κ2) is 7.68. The molecule has 0 bridgehead atoms. The molecule has 0 amide bonds.